The van der Waals surface area contributed by atoms with E-state index >= 15 is 0 Å². The zero-order valence-corrected chi connectivity index (χ0v) is 12.5. The molecule has 1 aromatic heterocycles. The van der Waals surface area contributed by atoms with Crippen LogP contribution >= 0.6 is 11.7 Å². The third kappa shape index (κ3) is 7.41. The van der Waals surface area contributed by atoms with Crippen LogP contribution in [-0.4, -0.2) is 50.4 Å². The lowest BCUT2D eigenvalue weighted by atomic mass is 9.94. The molecule has 1 rings (SSSR count). The normalized spacial score (nSPS) is 16.3. The average molecular weight is 289 g/mol. The highest BCUT2D eigenvalue weighted by Crippen LogP contribution is 2.14. The summed E-state index contributed by atoms with van der Waals surface area (Å²) < 4.78 is 12.9. The Morgan fingerprint density at radius 3 is 2.84 bits per heavy atom. The fourth-order valence-electron chi connectivity index (χ4n) is 1.92. The summed E-state index contributed by atoms with van der Waals surface area (Å²) >= 11 is 1.06. The van der Waals surface area contributed by atoms with Gasteiger partial charge in [0.1, 0.15) is 18.9 Å². The first kappa shape index (κ1) is 16.3. The lowest BCUT2D eigenvalue weighted by Crippen LogP contribution is -2.42. The van der Waals surface area contributed by atoms with Gasteiger partial charge in [-0.15, -0.1) is 4.37 Å². The van der Waals surface area contributed by atoms with Gasteiger partial charge in [0.15, 0.2) is 0 Å². The summed E-state index contributed by atoms with van der Waals surface area (Å²) in [5.41, 5.74) is -0.756. The minimum Gasteiger partial charge on any atom is -0.473 e. The smallest absolute Gasteiger partial charge is 0.245 e. The van der Waals surface area contributed by atoms with Gasteiger partial charge in [0.05, 0.1) is 17.3 Å². The quantitative estimate of drug-likeness (QED) is 0.619. The Hall–Kier alpha value is -0.760. The molecule has 0 bridgehead atoms. The standard InChI is InChI=1S/C12H23N3O3S/c1-9(2)4-12(3,17)8-13-5-10(16)7-18-11-6-14-19-15-11/h6,9-10,13,16-17H,4-5,7-8H2,1-3H3. The molecule has 2 unspecified atom stereocenters. The summed E-state index contributed by atoms with van der Waals surface area (Å²) in [7, 11) is 0. The van der Waals surface area contributed by atoms with Crippen molar-refractivity contribution in [3.05, 3.63) is 6.20 Å². The molecule has 7 heteroatoms. The first-order chi connectivity index (χ1) is 8.89. The molecule has 1 heterocycles. The largest absolute Gasteiger partial charge is 0.473 e. The molecule has 0 aliphatic rings. The first-order valence-corrected chi connectivity index (χ1v) is 7.13. The fourth-order valence-corrected chi connectivity index (χ4v) is 2.28. The molecule has 6 nitrogen and oxygen atoms in total. The van der Waals surface area contributed by atoms with Crippen LogP contribution in [0.4, 0.5) is 0 Å². The average Bonchev–Trinajstić information content (AvgIpc) is 2.76. The number of aliphatic hydroxyl groups is 2. The minimum absolute atomic E-state index is 0.157. The summed E-state index contributed by atoms with van der Waals surface area (Å²) in [4.78, 5) is 0. The Morgan fingerprint density at radius 2 is 2.26 bits per heavy atom. The second-order valence-electron chi connectivity index (χ2n) is 5.44. The number of rotatable bonds is 9. The van der Waals surface area contributed by atoms with E-state index in [1.807, 2.05) is 0 Å². The SMILES string of the molecule is CC(C)CC(C)(O)CNCC(O)COc1cnsn1. The van der Waals surface area contributed by atoms with E-state index in [9.17, 15) is 10.2 Å². The Kier molecular flexibility index (Phi) is 6.64. The molecular weight excluding hydrogens is 266 g/mol. The van der Waals surface area contributed by atoms with Crippen molar-refractivity contribution in [3.63, 3.8) is 0 Å². The van der Waals surface area contributed by atoms with Gasteiger partial charge in [-0.3, -0.25) is 0 Å². The monoisotopic (exact) mass is 289 g/mol. The van der Waals surface area contributed by atoms with Crippen LogP contribution < -0.4 is 10.1 Å². The number of nitrogens with zero attached hydrogens (tertiary/aromatic N) is 2. The molecular formula is C12H23N3O3S. The predicted octanol–water partition coefficient (Wildman–Crippen LogP) is 0.664. The Bertz CT molecular complexity index is 344. The van der Waals surface area contributed by atoms with E-state index in [0.29, 0.717) is 24.9 Å². The molecule has 0 aromatic carbocycles. The summed E-state index contributed by atoms with van der Waals surface area (Å²) in [6.45, 7) is 6.90. The maximum Gasteiger partial charge on any atom is 0.245 e. The van der Waals surface area contributed by atoms with Gasteiger partial charge in [-0.2, -0.15) is 4.37 Å². The number of aliphatic hydroxyl groups excluding tert-OH is 1. The van der Waals surface area contributed by atoms with Crippen molar-refractivity contribution in [3.8, 4) is 5.88 Å². The number of hydrogen-bond acceptors (Lipinski definition) is 7. The van der Waals surface area contributed by atoms with Crippen molar-refractivity contribution in [2.24, 2.45) is 5.92 Å². The van der Waals surface area contributed by atoms with Crippen LogP contribution in [0.1, 0.15) is 27.2 Å². The number of aromatic nitrogens is 2. The molecule has 1 aromatic rings. The maximum absolute atomic E-state index is 10.1. The Morgan fingerprint density at radius 1 is 1.53 bits per heavy atom. The van der Waals surface area contributed by atoms with Crippen molar-refractivity contribution < 1.29 is 14.9 Å². The van der Waals surface area contributed by atoms with Gasteiger partial charge in [0.2, 0.25) is 5.88 Å². The van der Waals surface area contributed by atoms with Crippen LogP contribution in [0.3, 0.4) is 0 Å². The summed E-state index contributed by atoms with van der Waals surface area (Å²) in [6, 6.07) is 0. The van der Waals surface area contributed by atoms with E-state index in [2.05, 4.69) is 27.9 Å². The molecule has 3 N–H and O–H groups in total. The molecule has 0 saturated carbocycles. The van der Waals surface area contributed by atoms with Gasteiger partial charge in [-0.25, -0.2) is 0 Å². The van der Waals surface area contributed by atoms with E-state index in [1.54, 1.807) is 6.92 Å². The molecule has 0 radical (unpaired) electrons. The van der Waals surface area contributed by atoms with Gasteiger partial charge in [-0.1, -0.05) is 13.8 Å². The molecule has 0 fully saturated rings. The lowest BCUT2D eigenvalue weighted by molar-refractivity contribution is 0.0325. The highest BCUT2D eigenvalue weighted by molar-refractivity contribution is 6.99. The van der Waals surface area contributed by atoms with Crippen molar-refractivity contribution in [1.82, 2.24) is 14.1 Å². The van der Waals surface area contributed by atoms with Gasteiger partial charge >= 0.3 is 0 Å². The van der Waals surface area contributed by atoms with Crippen LogP contribution in [-0.2, 0) is 0 Å². The highest BCUT2D eigenvalue weighted by atomic mass is 32.1. The van der Waals surface area contributed by atoms with Crippen LogP contribution in [0, 0.1) is 5.92 Å². The maximum atomic E-state index is 10.1. The van der Waals surface area contributed by atoms with E-state index in [-0.39, 0.29) is 6.61 Å². The number of ether oxygens (including phenoxy) is 1. The predicted molar refractivity (Wildman–Crippen MR) is 74.4 cm³/mol. The summed E-state index contributed by atoms with van der Waals surface area (Å²) in [5.74, 6) is 0.859. The highest BCUT2D eigenvalue weighted by Gasteiger charge is 2.21. The van der Waals surface area contributed by atoms with Crippen molar-refractivity contribution in [1.29, 1.82) is 0 Å². The zero-order chi connectivity index (χ0) is 14.3. The van der Waals surface area contributed by atoms with Crippen molar-refractivity contribution in [2.75, 3.05) is 19.7 Å². The van der Waals surface area contributed by atoms with E-state index in [4.69, 9.17) is 4.74 Å². The summed E-state index contributed by atoms with van der Waals surface area (Å²) in [6.07, 6.45) is 1.59. The third-order valence-electron chi connectivity index (χ3n) is 2.50. The van der Waals surface area contributed by atoms with E-state index in [1.165, 1.54) is 6.20 Å². The van der Waals surface area contributed by atoms with Crippen molar-refractivity contribution >= 4 is 11.7 Å². The van der Waals surface area contributed by atoms with Gasteiger partial charge in [0, 0.05) is 13.1 Å². The Labute approximate surface area is 118 Å². The third-order valence-corrected chi connectivity index (χ3v) is 2.96. The summed E-state index contributed by atoms with van der Waals surface area (Å²) in [5, 5.41) is 22.8. The van der Waals surface area contributed by atoms with Gasteiger partial charge in [-0.05, 0) is 19.3 Å². The lowest BCUT2D eigenvalue weighted by Gasteiger charge is -2.26. The number of nitrogens with one attached hydrogen (secondary N) is 1. The molecule has 0 aliphatic heterocycles. The van der Waals surface area contributed by atoms with Gasteiger partial charge in [0.25, 0.3) is 0 Å². The zero-order valence-electron chi connectivity index (χ0n) is 11.7. The second kappa shape index (κ2) is 7.74. The topological polar surface area (TPSA) is 87.5 Å². The first-order valence-electron chi connectivity index (χ1n) is 6.40. The molecule has 0 spiro atoms. The van der Waals surface area contributed by atoms with Crippen molar-refractivity contribution in [2.45, 2.75) is 38.9 Å². The Balaban J connectivity index is 2.14. The van der Waals surface area contributed by atoms with Gasteiger partial charge < -0.3 is 20.3 Å². The fraction of sp³-hybridized carbons (Fsp3) is 0.833. The van der Waals surface area contributed by atoms with E-state index < -0.39 is 11.7 Å². The molecule has 0 aliphatic carbocycles. The van der Waals surface area contributed by atoms with Crippen LogP contribution in [0.15, 0.2) is 6.20 Å². The van der Waals surface area contributed by atoms with Crippen LogP contribution in [0.25, 0.3) is 0 Å². The van der Waals surface area contributed by atoms with E-state index in [0.717, 1.165) is 18.1 Å². The van der Waals surface area contributed by atoms with Crippen LogP contribution in [0.5, 0.6) is 5.88 Å². The molecule has 2 atom stereocenters. The molecule has 110 valence electrons. The minimum atomic E-state index is -0.756. The molecule has 19 heavy (non-hydrogen) atoms. The van der Waals surface area contributed by atoms with Crippen LogP contribution in [0.2, 0.25) is 0 Å². The second-order valence-corrected chi connectivity index (χ2v) is 5.99. The molecule has 0 amide bonds. The molecule has 0 saturated heterocycles. The number of hydrogen-bond donors (Lipinski definition) is 3.